The first kappa shape index (κ1) is 7.09. The molecule has 0 bridgehead atoms. The van der Waals surface area contributed by atoms with E-state index in [2.05, 4.69) is 5.32 Å². The van der Waals surface area contributed by atoms with E-state index < -0.39 is 0 Å². The molecular weight excluding hydrogens is 158 g/mol. The summed E-state index contributed by atoms with van der Waals surface area (Å²) in [7, 11) is 0. The largest absolute Gasteiger partial charge is 0.465 e. The number of nitrogens with one attached hydrogen (secondary N) is 1. The van der Waals surface area contributed by atoms with Crippen LogP contribution in [0.5, 0.6) is 0 Å². The average Bonchev–Trinajstić information content (AvgIpc) is 2.38. The van der Waals surface area contributed by atoms with Gasteiger partial charge in [0.2, 0.25) is 0 Å². The monoisotopic (exact) mass is 165 g/mol. The minimum Gasteiger partial charge on any atom is -0.465 e. The maximum atomic E-state index is 11.1. The second kappa shape index (κ2) is 1.97. The van der Waals surface area contributed by atoms with Crippen LogP contribution in [0.1, 0.15) is 32.2 Å². The summed E-state index contributed by atoms with van der Waals surface area (Å²) in [6.45, 7) is 3.34. The van der Waals surface area contributed by atoms with Crippen LogP contribution in [0, 0.1) is 13.8 Å². The van der Waals surface area contributed by atoms with Crippen LogP contribution < -0.4 is 5.32 Å². The van der Waals surface area contributed by atoms with Gasteiger partial charge in [0.05, 0.1) is 11.1 Å². The number of imide groups is 1. The molecule has 1 aromatic rings. The SMILES string of the molecule is Cc1oc(C)c2c1C(=O)NC2=O. The number of aryl methyl sites for hydroxylation is 2. The van der Waals surface area contributed by atoms with Gasteiger partial charge in [-0.05, 0) is 13.8 Å². The molecule has 0 spiro atoms. The number of fused-ring (bicyclic) bond motifs is 1. The highest BCUT2D eigenvalue weighted by Crippen LogP contribution is 2.25. The lowest BCUT2D eigenvalue weighted by molar-refractivity contribution is 0.0876. The van der Waals surface area contributed by atoms with Crippen molar-refractivity contribution < 1.29 is 14.0 Å². The molecule has 62 valence electrons. The van der Waals surface area contributed by atoms with E-state index in [9.17, 15) is 9.59 Å². The molecule has 0 radical (unpaired) electrons. The van der Waals surface area contributed by atoms with E-state index in [1.165, 1.54) is 0 Å². The summed E-state index contributed by atoms with van der Waals surface area (Å²) in [6, 6.07) is 0. The van der Waals surface area contributed by atoms with E-state index >= 15 is 0 Å². The van der Waals surface area contributed by atoms with Crippen LogP contribution in [0.15, 0.2) is 4.42 Å². The first-order chi connectivity index (χ1) is 5.61. The zero-order valence-corrected chi connectivity index (χ0v) is 6.72. The first-order valence-corrected chi connectivity index (χ1v) is 3.57. The number of furan rings is 1. The van der Waals surface area contributed by atoms with Crippen molar-refractivity contribution in [2.45, 2.75) is 13.8 Å². The molecule has 0 aromatic carbocycles. The second-order valence-corrected chi connectivity index (χ2v) is 2.75. The standard InChI is InChI=1S/C8H7NO3/c1-3-5-6(4(2)12-3)8(11)9-7(5)10/h1-2H3,(H,9,10,11). The molecule has 0 fully saturated rings. The Morgan fingerprint density at radius 1 is 1.00 bits per heavy atom. The summed E-state index contributed by atoms with van der Waals surface area (Å²) in [5.74, 6) is 0.297. The van der Waals surface area contributed by atoms with Crippen molar-refractivity contribution in [3.05, 3.63) is 22.6 Å². The first-order valence-electron chi connectivity index (χ1n) is 3.57. The summed E-state index contributed by atoms with van der Waals surface area (Å²) >= 11 is 0. The number of amides is 2. The molecule has 2 rings (SSSR count). The smallest absolute Gasteiger partial charge is 0.262 e. The van der Waals surface area contributed by atoms with Crippen molar-refractivity contribution in [3.8, 4) is 0 Å². The van der Waals surface area contributed by atoms with Gasteiger partial charge in [-0.25, -0.2) is 0 Å². The Morgan fingerprint density at radius 2 is 1.42 bits per heavy atom. The Bertz CT molecular complexity index is 355. The van der Waals surface area contributed by atoms with E-state index in [1.54, 1.807) is 13.8 Å². The van der Waals surface area contributed by atoms with Crippen molar-refractivity contribution in [3.63, 3.8) is 0 Å². The normalized spacial score (nSPS) is 14.8. The van der Waals surface area contributed by atoms with Crippen molar-refractivity contribution >= 4 is 11.8 Å². The number of carbonyl (C=O) groups excluding carboxylic acids is 2. The van der Waals surface area contributed by atoms with Gasteiger partial charge in [-0.15, -0.1) is 0 Å². The van der Waals surface area contributed by atoms with Crippen molar-refractivity contribution in [1.29, 1.82) is 0 Å². The van der Waals surface area contributed by atoms with Gasteiger partial charge >= 0.3 is 0 Å². The van der Waals surface area contributed by atoms with Crippen LogP contribution >= 0.6 is 0 Å². The molecule has 0 atom stereocenters. The Balaban J connectivity index is 2.78. The van der Waals surface area contributed by atoms with Crippen LogP contribution in [0.3, 0.4) is 0 Å². The lowest BCUT2D eigenvalue weighted by Gasteiger charge is -1.90. The highest BCUT2D eigenvalue weighted by Gasteiger charge is 2.33. The molecule has 1 N–H and O–H groups in total. The average molecular weight is 165 g/mol. The van der Waals surface area contributed by atoms with Crippen LogP contribution in [-0.2, 0) is 0 Å². The van der Waals surface area contributed by atoms with E-state index in [0.29, 0.717) is 22.6 Å². The Kier molecular flexibility index (Phi) is 1.16. The van der Waals surface area contributed by atoms with Crippen molar-refractivity contribution in [2.24, 2.45) is 0 Å². The minimum absolute atomic E-state index is 0.357. The van der Waals surface area contributed by atoms with Crippen molar-refractivity contribution in [1.82, 2.24) is 5.32 Å². The van der Waals surface area contributed by atoms with Gasteiger partial charge in [-0.2, -0.15) is 0 Å². The fraction of sp³-hybridized carbons (Fsp3) is 0.250. The van der Waals surface area contributed by atoms with Crippen LogP contribution in [0.2, 0.25) is 0 Å². The molecule has 1 aliphatic heterocycles. The quantitative estimate of drug-likeness (QED) is 0.578. The highest BCUT2D eigenvalue weighted by molar-refractivity contribution is 6.22. The number of hydrogen-bond acceptors (Lipinski definition) is 3. The molecule has 4 nitrogen and oxygen atoms in total. The van der Waals surface area contributed by atoms with Gasteiger partial charge in [0.25, 0.3) is 11.8 Å². The predicted octanol–water partition coefficient (Wildman–Crippen LogP) is 0.780. The molecule has 0 saturated carbocycles. The van der Waals surface area contributed by atoms with Crippen LogP contribution in [-0.4, -0.2) is 11.8 Å². The highest BCUT2D eigenvalue weighted by atomic mass is 16.3. The zero-order chi connectivity index (χ0) is 8.88. The molecule has 2 amide bonds. The second-order valence-electron chi connectivity index (χ2n) is 2.75. The van der Waals surface area contributed by atoms with E-state index in [0.717, 1.165) is 0 Å². The third-order valence-electron chi connectivity index (χ3n) is 1.94. The van der Waals surface area contributed by atoms with Crippen LogP contribution in [0.4, 0.5) is 0 Å². The fourth-order valence-electron chi connectivity index (χ4n) is 1.46. The van der Waals surface area contributed by atoms with E-state index in [4.69, 9.17) is 4.42 Å². The third kappa shape index (κ3) is 0.664. The minimum atomic E-state index is -0.357. The lowest BCUT2D eigenvalue weighted by atomic mass is 10.1. The van der Waals surface area contributed by atoms with Gasteiger partial charge < -0.3 is 4.42 Å². The van der Waals surface area contributed by atoms with Gasteiger partial charge in [0, 0.05) is 0 Å². The Morgan fingerprint density at radius 3 is 1.83 bits per heavy atom. The van der Waals surface area contributed by atoms with Crippen LogP contribution in [0.25, 0.3) is 0 Å². The van der Waals surface area contributed by atoms with E-state index in [-0.39, 0.29) is 11.8 Å². The molecule has 2 heterocycles. The zero-order valence-electron chi connectivity index (χ0n) is 6.72. The Hall–Kier alpha value is -1.58. The van der Waals surface area contributed by atoms with Gasteiger partial charge in [0.1, 0.15) is 11.5 Å². The molecular formula is C8H7NO3. The third-order valence-corrected chi connectivity index (χ3v) is 1.94. The topological polar surface area (TPSA) is 59.3 Å². The predicted molar refractivity (Wildman–Crippen MR) is 40.0 cm³/mol. The molecule has 1 aromatic heterocycles. The molecule has 1 aliphatic rings. The summed E-state index contributed by atoms with van der Waals surface area (Å²) in [5.41, 5.74) is 0.773. The van der Waals surface area contributed by atoms with Gasteiger partial charge in [-0.3, -0.25) is 14.9 Å². The summed E-state index contributed by atoms with van der Waals surface area (Å²) in [5, 5.41) is 2.21. The summed E-state index contributed by atoms with van der Waals surface area (Å²) in [4.78, 5) is 22.2. The van der Waals surface area contributed by atoms with Gasteiger partial charge in [-0.1, -0.05) is 0 Å². The number of hydrogen-bond donors (Lipinski definition) is 1. The number of carbonyl (C=O) groups is 2. The molecule has 4 heteroatoms. The molecule has 0 aliphatic carbocycles. The summed E-state index contributed by atoms with van der Waals surface area (Å²) < 4.78 is 5.15. The maximum absolute atomic E-state index is 11.1. The molecule has 0 saturated heterocycles. The molecule has 0 unspecified atom stereocenters. The van der Waals surface area contributed by atoms with Crippen molar-refractivity contribution in [2.75, 3.05) is 0 Å². The molecule has 12 heavy (non-hydrogen) atoms. The fourth-order valence-corrected chi connectivity index (χ4v) is 1.46. The summed E-state index contributed by atoms with van der Waals surface area (Å²) in [6.07, 6.45) is 0. The Labute approximate surface area is 68.6 Å². The van der Waals surface area contributed by atoms with Gasteiger partial charge in [0.15, 0.2) is 0 Å². The van der Waals surface area contributed by atoms with E-state index in [1.807, 2.05) is 0 Å². The maximum Gasteiger partial charge on any atom is 0.262 e. The number of rotatable bonds is 0. The lowest BCUT2D eigenvalue weighted by Crippen LogP contribution is -2.21.